The number of benzene rings is 2. The van der Waals surface area contributed by atoms with Crippen molar-refractivity contribution in [2.24, 2.45) is 0 Å². The Morgan fingerprint density at radius 1 is 0.759 bits per heavy atom. The second kappa shape index (κ2) is 10.6. The molecule has 0 aromatic heterocycles. The van der Waals surface area contributed by atoms with Gasteiger partial charge < -0.3 is 20.8 Å². The van der Waals surface area contributed by atoms with Crippen LogP contribution in [0.4, 0.5) is 0 Å². The largest absolute Gasteiger partial charge is 0.481 e. The first kappa shape index (κ1) is 21.6. The highest BCUT2D eigenvalue weighted by Crippen LogP contribution is 2.05. The van der Waals surface area contributed by atoms with E-state index in [0.29, 0.717) is 11.1 Å². The van der Waals surface area contributed by atoms with E-state index >= 15 is 0 Å². The zero-order valence-electron chi connectivity index (χ0n) is 15.6. The fraction of sp³-hybridized carbons (Fsp3) is 0.238. The van der Waals surface area contributed by atoms with Crippen LogP contribution < -0.4 is 10.6 Å². The third-order valence-corrected chi connectivity index (χ3v) is 4.14. The molecule has 2 atom stereocenters. The lowest BCUT2D eigenvalue weighted by Crippen LogP contribution is -2.53. The molecule has 8 nitrogen and oxygen atoms in total. The van der Waals surface area contributed by atoms with E-state index in [0.717, 1.165) is 0 Å². The summed E-state index contributed by atoms with van der Waals surface area (Å²) in [5.41, 5.74) is 1.40. The van der Waals surface area contributed by atoms with Crippen LogP contribution in [0.1, 0.15) is 17.5 Å². The van der Waals surface area contributed by atoms with Gasteiger partial charge in [-0.2, -0.15) is 0 Å². The highest BCUT2D eigenvalue weighted by Gasteiger charge is 2.28. The van der Waals surface area contributed by atoms with Crippen LogP contribution in [0.15, 0.2) is 60.7 Å². The average Bonchev–Trinajstić information content (AvgIpc) is 2.68. The van der Waals surface area contributed by atoms with Gasteiger partial charge in [-0.3, -0.25) is 14.4 Å². The van der Waals surface area contributed by atoms with Crippen LogP contribution in [0.25, 0.3) is 0 Å². The van der Waals surface area contributed by atoms with Crippen molar-refractivity contribution in [2.75, 3.05) is 0 Å². The van der Waals surface area contributed by atoms with E-state index in [1.165, 1.54) is 0 Å². The summed E-state index contributed by atoms with van der Waals surface area (Å²) in [6, 6.07) is 14.8. The van der Waals surface area contributed by atoms with Gasteiger partial charge in [-0.05, 0) is 11.1 Å². The van der Waals surface area contributed by atoms with Crippen molar-refractivity contribution < 1.29 is 29.4 Å². The molecule has 0 aliphatic heterocycles. The molecular formula is C21H22N2O6. The number of carboxylic acid groups (broad SMARTS) is 2. The summed E-state index contributed by atoms with van der Waals surface area (Å²) < 4.78 is 0. The first-order valence-electron chi connectivity index (χ1n) is 8.97. The van der Waals surface area contributed by atoms with Gasteiger partial charge in [0.15, 0.2) is 0 Å². The Bertz CT molecular complexity index is 854. The molecule has 0 saturated heterocycles. The minimum Gasteiger partial charge on any atom is -0.481 e. The number of rotatable bonds is 10. The van der Waals surface area contributed by atoms with Gasteiger partial charge in [0.05, 0.1) is 12.8 Å². The molecule has 2 aromatic rings. The fourth-order valence-corrected chi connectivity index (χ4v) is 2.73. The van der Waals surface area contributed by atoms with Crippen molar-refractivity contribution in [3.63, 3.8) is 0 Å². The minimum atomic E-state index is -1.39. The molecule has 0 bridgehead atoms. The predicted molar refractivity (Wildman–Crippen MR) is 104 cm³/mol. The number of aliphatic carboxylic acids is 2. The summed E-state index contributed by atoms with van der Waals surface area (Å²) in [6.45, 7) is 0. The smallest absolute Gasteiger partial charge is 0.326 e. The number of nitrogens with one attached hydrogen (secondary N) is 2. The molecule has 0 unspecified atom stereocenters. The Labute approximate surface area is 167 Å². The van der Waals surface area contributed by atoms with Gasteiger partial charge in [-0.1, -0.05) is 60.7 Å². The van der Waals surface area contributed by atoms with E-state index in [4.69, 9.17) is 5.11 Å². The van der Waals surface area contributed by atoms with Gasteiger partial charge in [0, 0.05) is 6.42 Å². The number of hydrogen-bond acceptors (Lipinski definition) is 4. The first-order chi connectivity index (χ1) is 13.8. The Kier molecular flexibility index (Phi) is 7.90. The topological polar surface area (TPSA) is 133 Å². The number of carbonyl (C=O) groups excluding carboxylic acids is 2. The molecule has 8 heteroatoms. The maximum absolute atomic E-state index is 12.5. The summed E-state index contributed by atoms with van der Waals surface area (Å²) in [4.78, 5) is 47.4. The van der Waals surface area contributed by atoms with Crippen LogP contribution in [0, 0.1) is 0 Å². The van der Waals surface area contributed by atoms with Crippen molar-refractivity contribution >= 4 is 23.8 Å². The van der Waals surface area contributed by atoms with Gasteiger partial charge in [-0.25, -0.2) is 4.79 Å². The minimum absolute atomic E-state index is 0.0274. The molecule has 0 aliphatic carbocycles. The molecule has 0 saturated carbocycles. The van der Waals surface area contributed by atoms with Crippen molar-refractivity contribution in [1.82, 2.24) is 10.6 Å². The lowest BCUT2D eigenvalue weighted by atomic mass is 10.0. The predicted octanol–water partition coefficient (Wildman–Crippen LogP) is 1.00. The lowest BCUT2D eigenvalue weighted by Gasteiger charge is -2.20. The molecule has 152 valence electrons. The zero-order chi connectivity index (χ0) is 21.2. The van der Waals surface area contributed by atoms with Gasteiger partial charge >= 0.3 is 11.9 Å². The van der Waals surface area contributed by atoms with Gasteiger partial charge in [-0.15, -0.1) is 0 Å². The summed E-state index contributed by atoms with van der Waals surface area (Å²) in [6.07, 6.45) is -0.666. The fourth-order valence-electron chi connectivity index (χ4n) is 2.73. The average molecular weight is 398 g/mol. The Balaban J connectivity index is 2.04. The van der Waals surface area contributed by atoms with E-state index in [2.05, 4.69) is 10.6 Å². The van der Waals surface area contributed by atoms with E-state index in [-0.39, 0.29) is 12.8 Å². The molecule has 2 amide bonds. The highest BCUT2D eigenvalue weighted by molar-refractivity contribution is 5.93. The molecule has 0 heterocycles. The van der Waals surface area contributed by atoms with E-state index < -0.39 is 42.3 Å². The van der Waals surface area contributed by atoms with Crippen LogP contribution in [0.3, 0.4) is 0 Å². The monoisotopic (exact) mass is 398 g/mol. The van der Waals surface area contributed by atoms with Gasteiger partial charge in [0.2, 0.25) is 11.8 Å². The summed E-state index contributed by atoms with van der Waals surface area (Å²) in [7, 11) is 0. The van der Waals surface area contributed by atoms with Crippen LogP contribution in [-0.4, -0.2) is 46.0 Å². The molecule has 0 aliphatic rings. The zero-order valence-corrected chi connectivity index (χ0v) is 15.6. The second-order valence-electron chi connectivity index (χ2n) is 6.47. The Hall–Kier alpha value is -3.68. The lowest BCUT2D eigenvalue weighted by molar-refractivity contribution is -0.143. The third kappa shape index (κ3) is 7.45. The van der Waals surface area contributed by atoms with Crippen LogP contribution >= 0.6 is 0 Å². The summed E-state index contributed by atoms with van der Waals surface area (Å²) >= 11 is 0. The van der Waals surface area contributed by atoms with E-state index in [1.807, 2.05) is 0 Å². The highest BCUT2D eigenvalue weighted by atomic mass is 16.4. The molecule has 4 N–H and O–H groups in total. The van der Waals surface area contributed by atoms with Crippen LogP contribution in [0.5, 0.6) is 0 Å². The summed E-state index contributed by atoms with van der Waals surface area (Å²) in [5, 5.41) is 23.2. The molecule has 2 aromatic carbocycles. The maximum atomic E-state index is 12.5. The van der Waals surface area contributed by atoms with Crippen molar-refractivity contribution in [1.29, 1.82) is 0 Å². The molecule has 0 fully saturated rings. The standard InChI is InChI=1S/C21H22N2O6/c24-18(12-15-9-5-2-6-10-15)22-16(13-19(25)26)20(27)23-17(21(28)29)11-14-7-3-1-4-8-14/h1-10,16-17H,11-13H2,(H,22,24)(H,23,27)(H,25,26)(H,28,29)/t16-,17-/m0/s1. The third-order valence-electron chi connectivity index (χ3n) is 4.14. The molecule has 0 radical (unpaired) electrons. The number of carboxylic acids is 2. The Morgan fingerprint density at radius 2 is 1.31 bits per heavy atom. The van der Waals surface area contributed by atoms with Crippen LogP contribution in [0.2, 0.25) is 0 Å². The van der Waals surface area contributed by atoms with Crippen molar-refractivity contribution in [2.45, 2.75) is 31.3 Å². The van der Waals surface area contributed by atoms with Gasteiger partial charge in [0.1, 0.15) is 12.1 Å². The first-order valence-corrected chi connectivity index (χ1v) is 8.97. The molecular weight excluding hydrogens is 376 g/mol. The molecule has 2 rings (SSSR count). The SMILES string of the molecule is O=C(O)C[C@H](NC(=O)Cc1ccccc1)C(=O)N[C@@H](Cc1ccccc1)C(=O)O. The normalized spacial score (nSPS) is 12.4. The second-order valence-corrected chi connectivity index (χ2v) is 6.47. The summed E-state index contributed by atoms with van der Waals surface area (Å²) in [5.74, 6) is -3.95. The van der Waals surface area contributed by atoms with Crippen molar-refractivity contribution in [3.8, 4) is 0 Å². The van der Waals surface area contributed by atoms with Gasteiger partial charge in [0.25, 0.3) is 0 Å². The maximum Gasteiger partial charge on any atom is 0.326 e. The van der Waals surface area contributed by atoms with E-state index in [9.17, 15) is 24.3 Å². The Morgan fingerprint density at radius 3 is 1.83 bits per heavy atom. The van der Waals surface area contributed by atoms with Crippen LogP contribution in [-0.2, 0) is 32.0 Å². The molecule has 0 spiro atoms. The number of hydrogen-bond donors (Lipinski definition) is 4. The number of amides is 2. The number of carbonyl (C=O) groups is 4. The van der Waals surface area contributed by atoms with E-state index in [1.54, 1.807) is 60.7 Å². The molecule has 29 heavy (non-hydrogen) atoms. The quantitative estimate of drug-likeness (QED) is 0.472. The van der Waals surface area contributed by atoms with Crippen molar-refractivity contribution in [3.05, 3.63) is 71.8 Å².